The number of amides is 1. The number of carbonyl (C=O) groups excluding carboxylic acids is 1. The molecule has 0 atom stereocenters. The molecule has 20 heavy (non-hydrogen) atoms. The van der Waals surface area contributed by atoms with E-state index in [0.717, 1.165) is 18.2 Å². The summed E-state index contributed by atoms with van der Waals surface area (Å²) >= 11 is 0. The fraction of sp³-hybridized carbons (Fsp3) is 0.133. The second-order valence-corrected chi connectivity index (χ2v) is 4.23. The van der Waals surface area contributed by atoms with Gasteiger partial charge in [0.05, 0.1) is 16.9 Å². The van der Waals surface area contributed by atoms with E-state index >= 15 is 0 Å². The van der Waals surface area contributed by atoms with Gasteiger partial charge in [0, 0.05) is 6.54 Å². The van der Waals surface area contributed by atoms with Gasteiger partial charge in [0.2, 0.25) is 0 Å². The summed E-state index contributed by atoms with van der Waals surface area (Å²) < 4.78 is 26.9. The van der Waals surface area contributed by atoms with Crippen molar-refractivity contribution in [1.29, 1.82) is 0 Å². The quantitative estimate of drug-likeness (QED) is 0.875. The van der Waals surface area contributed by atoms with Crippen molar-refractivity contribution < 1.29 is 13.6 Å². The number of anilines is 2. The van der Waals surface area contributed by atoms with Crippen molar-refractivity contribution in [3.8, 4) is 0 Å². The molecule has 0 aliphatic heterocycles. The van der Waals surface area contributed by atoms with Crippen LogP contribution >= 0.6 is 0 Å². The Bertz CT molecular complexity index is 644. The maximum Gasteiger partial charge on any atom is 0.261 e. The zero-order chi connectivity index (χ0) is 14.7. The molecule has 2 N–H and O–H groups in total. The smallest absolute Gasteiger partial charge is 0.261 e. The number of carbonyl (C=O) groups is 1. The molecule has 2 aromatic carbocycles. The first-order chi connectivity index (χ1) is 9.54. The third-order valence-electron chi connectivity index (χ3n) is 2.95. The summed E-state index contributed by atoms with van der Waals surface area (Å²) in [6, 6.07) is 9.56. The summed E-state index contributed by atoms with van der Waals surface area (Å²) in [7, 11) is 0. The molecule has 0 aliphatic carbocycles. The fourth-order valence-corrected chi connectivity index (χ4v) is 1.96. The van der Waals surface area contributed by atoms with Gasteiger partial charge in [0.1, 0.15) is 11.6 Å². The van der Waals surface area contributed by atoms with E-state index in [0.29, 0.717) is 17.9 Å². The van der Waals surface area contributed by atoms with Gasteiger partial charge >= 0.3 is 0 Å². The minimum absolute atomic E-state index is 0.295. The van der Waals surface area contributed by atoms with E-state index in [-0.39, 0.29) is 5.56 Å². The van der Waals surface area contributed by atoms with Crippen LogP contribution in [-0.2, 0) is 0 Å². The van der Waals surface area contributed by atoms with E-state index in [2.05, 4.69) is 0 Å². The molecule has 0 aromatic heterocycles. The molecule has 3 nitrogen and oxygen atoms in total. The van der Waals surface area contributed by atoms with E-state index in [4.69, 9.17) is 5.73 Å². The second kappa shape index (κ2) is 5.69. The lowest BCUT2D eigenvalue weighted by molar-refractivity contribution is 0.0984. The molecule has 0 saturated carbocycles. The van der Waals surface area contributed by atoms with Crippen molar-refractivity contribution in [3.05, 3.63) is 59.7 Å². The first-order valence-electron chi connectivity index (χ1n) is 6.16. The van der Waals surface area contributed by atoms with Gasteiger partial charge in [-0.1, -0.05) is 12.1 Å². The van der Waals surface area contributed by atoms with Crippen LogP contribution < -0.4 is 10.6 Å². The highest BCUT2D eigenvalue weighted by Crippen LogP contribution is 2.25. The van der Waals surface area contributed by atoms with E-state index < -0.39 is 17.5 Å². The number of hydrogen-bond donors (Lipinski definition) is 1. The number of rotatable bonds is 3. The number of nitrogens with two attached hydrogens (primary N) is 1. The lowest BCUT2D eigenvalue weighted by atomic mass is 10.1. The standard InChI is InChI=1S/C15H14F2N2O/c1-2-19(14-6-4-3-5-13(14)18)15(20)11-9-10(16)7-8-12(11)17/h3-9H,2,18H2,1H3. The largest absolute Gasteiger partial charge is 0.397 e. The van der Waals surface area contributed by atoms with E-state index in [1.807, 2.05) is 0 Å². The van der Waals surface area contributed by atoms with E-state index in [9.17, 15) is 13.6 Å². The number of nitrogen functional groups attached to an aromatic ring is 1. The zero-order valence-electron chi connectivity index (χ0n) is 10.9. The second-order valence-electron chi connectivity index (χ2n) is 4.23. The molecule has 0 heterocycles. The monoisotopic (exact) mass is 276 g/mol. The Labute approximate surface area is 115 Å². The van der Waals surface area contributed by atoms with Gasteiger partial charge in [-0.25, -0.2) is 8.78 Å². The van der Waals surface area contributed by atoms with Crippen molar-refractivity contribution in [2.75, 3.05) is 17.2 Å². The van der Waals surface area contributed by atoms with Gasteiger partial charge in [-0.3, -0.25) is 4.79 Å². The SMILES string of the molecule is CCN(C(=O)c1cc(F)ccc1F)c1ccccc1N. The highest BCUT2D eigenvalue weighted by atomic mass is 19.1. The van der Waals surface area contributed by atoms with Crippen LogP contribution in [0.3, 0.4) is 0 Å². The molecule has 0 bridgehead atoms. The average molecular weight is 276 g/mol. The third kappa shape index (κ3) is 2.61. The fourth-order valence-electron chi connectivity index (χ4n) is 1.96. The number of hydrogen-bond acceptors (Lipinski definition) is 2. The van der Waals surface area contributed by atoms with Crippen molar-refractivity contribution >= 4 is 17.3 Å². The minimum atomic E-state index is -0.760. The molecule has 0 spiro atoms. The molecule has 0 fully saturated rings. The molecule has 104 valence electrons. The summed E-state index contributed by atoms with van der Waals surface area (Å²) in [6.45, 7) is 2.03. The molecular weight excluding hydrogens is 262 g/mol. The Morgan fingerprint density at radius 1 is 1.20 bits per heavy atom. The molecule has 5 heteroatoms. The van der Waals surface area contributed by atoms with Gasteiger partial charge in [-0.05, 0) is 37.3 Å². The van der Waals surface area contributed by atoms with Gasteiger partial charge in [0.25, 0.3) is 5.91 Å². The highest BCUT2D eigenvalue weighted by molar-refractivity contribution is 6.07. The molecule has 2 rings (SSSR count). The predicted molar refractivity (Wildman–Crippen MR) is 74.6 cm³/mol. The summed E-state index contributed by atoms with van der Waals surface area (Å²) in [5, 5.41) is 0. The molecule has 0 aliphatic rings. The third-order valence-corrected chi connectivity index (χ3v) is 2.95. The Hall–Kier alpha value is -2.43. The molecule has 0 radical (unpaired) electrons. The molecular formula is C15H14F2N2O. The topological polar surface area (TPSA) is 46.3 Å². The van der Waals surface area contributed by atoms with Crippen molar-refractivity contribution in [3.63, 3.8) is 0 Å². The van der Waals surface area contributed by atoms with Crippen LogP contribution in [0.2, 0.25) is 0 Å². The summed E-state index contributed by atoms with van der Waals surface area (Å²) in [5.74, 6) is -2.04. The Kier molecular flexibility index (Phi) is 3.98. The van der Waals surface area contributed by atoms with Crippen molar-refractivity contribution in [2.24, 2.45) is 0 Å². The average Bonchev–Trinajstić information content (AvgIpc) is 2.44. The van der Waals surface area contributed by atoms with E-state index in [1.54, 1.807) is 31.2 Å². The van der Waals surface area contributed by atoms with Gasteiger partial charge in [-0.2, -0.15) is 0 Å². The van der Waals surface area contributed by atoms with Crippen LogP contribution in [-0.4, -0.2) is 12.5 Å². The van der Waals surface area contributed by atoms with E-state index in [1.165, 1.54) is 4.90 Å². The van der Waals surface area contributed by atoms with Gasteiger partial charge < -0.3 is 10.6 Å². The zero-order valence-corrected chi connectivity index (χ0v) is 10.9. The maximum absolute atomic E-state index is 13.7. The number of para-hydroxylation sites is 2. The summed E-state index contributed by atoms with van der Waals surface area (Å²) in [4.78, 5) is 13.7. The lowest BCUT2D eigenvalue weighted by Crippen LogP contribution is -2.32. The van der Waals surface area contributed by atoms with Crippen LogP contribution in [0.4, 0.5) is 20.2 Å². The van der Waals surface area contributed by atoms with Crippen LogP contribution in [0.15, 0.2) is 42.5 Å². The summed E-state index contributed by atoms with van der Waals surface area (Å²) in [5.41, 5.74) is 6.39. The van der Waals surface area contributed by atoms with Crippen molar-refractivity contribution in [2.45, 2.75) is 6.92 Å². The normalized spacial score (nSPS) is 10.3. The maximum atomic E-state index is 13.7. The number of nitrogens with zero attached hydrogens (tertiary/aromatic N) is 1. The Balaban J connectivity index is 2.45. The lowest BCUT2D eigenvalue weighted by Gasteiger charge is -2.22. The van der Waals surface area contributed by atoms with Gasteiger partial charge in [-0.15, -0.1) is 0 Å². The summed E-state index contributed by atoms with van der Waals surface area (Å²) in [6.07, 6.45) is 0. The molecule has 0 saturated heterocycles. The first kappa shape index (κ1) is 14.0. The van der Waals surface area contributed by atoms with Crippen LogP contribution in [0.25, 0.3) is 0 Å². The first-order valence-corrected chi connectivity index (χ1v) is 6.16. The molecule has 1 amide bonds. The number of halogens is 2. The number of benzene rings is 2. The molecule has 2 aromatic rings. The predicted octanol–water partition coefficient (Wildman–Crippen LogP) is 3.21. The van der Waals surface area contributed by atoms with Crippen LogP contribution in [0, 0.1) is 11.6 Å². The van der Waals surface area contributed by atoms with Crippen molar-refractivity contribution in [1.82, 2.24) is 0 Å². The highest BCUT2D eigenvalue weighted by Gasteiger charge is 2.21. The van der Waals surface area contributed by atoms with Gasteiger partial charge in [0.15, 0.2) is 0 Å². The molecule has 0 unspecified atom stereocenters. The van der Waals surface area contributed by atoms with Crippen LogP contribution in [0.5, 0.6) is 0 Å². The minimum Gasteiger partial charge on any atom is -0.397 e. The van der Waals surface area contributed by atoms with Crippen LogP contribution in [0.1, 0.15) is 17.3 Å². The Morgan fingerprint density at radius 2 is 1.90 bits per heavy atom. The Morgan fingerprint density at radius 3 is 2.55 bits per heavy atom.